The van der Waals surface area contributed by atoms with Crippen molar-refractivity contribution in [2.45, 2.75) is 25.9 Å². The molecule has 0 aliphatic carbocycles. The number of rotatable bonds is 11. The van der Waals surface area contributed by atoms with Crippen molar-refractivity contribution in [1.82, 2.24) is 20.9 Å². The molecule has 0 bridgehead atoms. The van der Waals surface area contributed by atoms with Gasteiger partial charge in [-0.2, -0.15) is 0 Å². The molecule has 0 aromatic rings. The molecule has 0 aromatic heterocycles. The van der Waals surface area contributed by atoms with E-state index in [1.54, 1.807) is 13.0 Å². The third kappa shape index (κ3) is 11.1. The average Bonchev–Trinajstić information content (AvgIpc) is 2.87. The first-order valence-corrected chi connectivity index (χ1v) is 10.9. The van der Waals surface area contributed by atoms with Crippen LogP contribution < -0.4 is 16.0 Å². The molecule has 1 heterocycles. The fraction of sp³-hybridized carbons (Fsp3) is 0.435. The minimum absolute atomic E-state index is 0.0212. The first-order chi connectivity index (χ1) is 16.7. The highest BCUT2D eigenvalue weighted by Gasteiger charge is 2.26. The molecule has 0 aromatic carbocycles. The van der Waals surface area contributed by atoms with Crippen LogP contribution in [0.25, 0.3) is 0 Å². The Balaban J connectivity index is 3.09. The van der Waals surface area contributed by atoms with Gasteiger partial charge in [0, 0.05) is 32.0 Å². The molecule has 1 unspecified atom stereocenters. The largest absolute Gasteiger partial charge is 0.510 e. The number of aliphatic hydroxyl groups excluding tert-OH is 1. The van der Waals surface area contributed by atoms with E-state index >= 15 is 0 Å². The number of amides is 4. The van der Waals surface area contributed by atoms with Gasteiger partial charge in [0.05, 0.1) is 26.2 Å². The number of halogens is 1. The molecule has 11 nitrogen and oxygen atoms in total. The Morgan fingerprint density at radius 3 is 2.63 bits per heavy atom. The number of nitrogens with zero attached hydrogens (tertiary/aromatic N) is 2. The Hall–Kier alpha value is -3.96. The van der Waals surface area contributed by atoms with Crippen molar-refractivity contribution in [2.24, 2.45) is 4.99 Å². The second kappa shape index (κ2) is 15.8. The Labute approximate surface area is 203 Å². The number of hydrogen-bond acceptors (Lipinski definition) is 7. The predicted octanol–water partition coefficient (Wildman–Crippen LogP) is 0.428. The van der Waals surface area contributed by atoms with Gasteiger partial charge in [0.15, 0.2) is 0 Å². The van der Waals surface area contributed by atoms with Crippen LogP contribution in [0, 0.1) is 0 Å². The quantitative estimate of drug-likeness (QED) is 0.0819. The Bertz CT molecular complexity index is 925. The van der Waals surface area contributed by atoms with Crippen LogP contribution in [-0.4, -0.2) is 86.7 Å². The van der Waals surface area contributed by atoms with E-state index in [4.69, 9.17) is 4.74 Å². The van der Waals surface area contributed by atoms with Crippen molar-refractivity contribution < 1.29 is 33.4 Å². The highest BCUT2D eigenvalue weighted by molar-refractivity contribution is 6.35. The second-order valence-corrected chi connectivity index (χ2v) is 7.35. The van der Waals surface area contributed by atoms with Gasteiger partial charge >= 0.3 is 11.8 Å². The van der Waals surface area contributed by atoms with Crippen LogP contribution in [0.4, 0.5) is 4.39 Å². The van der Waals surface area contributed by atoms with E-state index in [1.165, 1.54) is 37.4 Å². The molecule has 0 spiro atoms. The molecule has 12 heteroatoms. The van der Waals surface area contributed by atoms with Crippen LogP contribution in [0.2, 0.25) is 0 Å². The van der Waals surface area contributed by atoms with Gasteiger partial charge in [-0.3, -0.25) is 24.2 Å². The molecule has 1 saturated heterocycles. The lowest BCUT2D eigenvalue weighted by atomic mass is 10.1. The molecule has 1 fully saturated rings. The van der Waals surface area contributed by atoms with Gasteiger partial charge in [0.1, 0.15) is 23.4 Å². The standard InChI is InChI=1S/C23H32FN5O6/c1-4-17(24)8-6-5-7-16(10-27-11-18(31)9-21(32)25-2)20-14-29(15-30)13-19(35-20)12-28-23(34)22(33)26-3/h4,6,8-10,15,19,31H,5,7,11-14H2,1-3H3,(H,25,32)(H,26,33)(H,28,34)/b8-6-,17-4+,18-9-,20-16+,27-10?. The number of carbonyl (C=O) groups is 4. The molecule has 0 radical (unpaired) electrons. The van der Waals surface area contributed by atoms with E-state index in [9.17, 15) is 28.7 Å². The molecule has 35 heavy (non-hydrogen) atoms. The molecular formula is C23H32FN5O6. The topological polar surface area (TPSA) is 149 Å². The lowest BCUT2D eigenvalue weighted by molar-refractivity contribution is -0.139. The second-order valence-electron chi connectivity index (χ2n) is 7.35. The van der Waals surface area contributed by atoms with Gasteiger partial charge in [0.2, 0.25) is 12.3 Å². The third-order valence-electron chi connectivity index (χ3n) is 4.70. The smallest absolute Gasteiger partial charge is 0.309 e. The number of morpholine rings is 1. The van der Waals surface area contributed by atoms with E-state index in [0.717, 1.165) is 6.08 Å². The van der Waals surface area contributed by atoms with Gasteiger partial charge in [-0.1, -0.05) is 12.2 Å². The van der Waals surface area contributed by atoms with Crippen LogP contribution >= 0.6 is 0 Å². The van der Waals surface area contributed by atoms with Crippen molar-refractivity contribution in [2.75, 3.05) is 40.3 Å². The van der Waals surface area contributed by atoms with Crippen molar-refractivity contribution >= 4 is 30.3 Å². The van der Waals surface area contributed by atoms with Crippen molar-refractivity contribution in [3.8, 4) is 0 Å². The van der Waals surface area contributed by atoms with Gasteiger partial charge in [0.25, 0.3) is 0 Å². The zero-order chi connectivity index (χ0) is 26.2. The van der Waals surface area contributed by atoms with Crippen LogP contribution in [0.15, 0.2) is 52.2 Å². The summed E-state index contributed by atoms with van der Waals surface area (Å²) in [4.78, 5) is 51.6. The zero-order valence-electron chi connectivity index (χ0n) is 20.0. The average molecular weight is 494 g/mol. The van der Waals surface area contributed by atoms with Crippen molar-refractivity contribution in [3.63, 3.8) is 0 Å². The summed E-state index contributed by atoms with van der Waals surface area (Å²) in [6, 6.07) is 0. The predicted molar refractivity (Wildman–Crippen MR) is 128 cm³/mol. The summed E-state index contributed by atoms with van der Waals surface area (Å²) in [5.41, 5.74) is 0.581. The highest BCUT2D eigenvalue weighted by Crippen LogP contribution is 2.20. The summed E-state index contributed by atoms with van der Waals surface area (Å²) in [6.07, 6.45) is 7.55. The molecule has 1 rings (SSSR count). The van der Waals surface area contributed by atoms with Crippen LogP contribution in [-0.2, 0) is 23.9 Å². The summed E-state index contributed by atoms with van der Waals surface area (Å²) >= 11 is 0. The SMILES string of the molecule is C/C=C(F)\C=C/CC/C(C=NC/C(O)=C/C(=O)NC)=C1/CN(C=O)CC(CNC(=O)C(=O)NC)O1. The molecule has 1 aliphatic heterocycles. The van der Waals surface area contributed by atoms with Crippen molar-refractivity contribution in [1.29, 1.82) is 0 Å². The number of nitrogens with one attached hydrogen (secondary N) is 3. The fourth-order valence-electron chi connectivity index (χ4n) is 2.88. The number of hydrogen-bond donors (Lipinski definition) is 4. The summed E-state index contributed by atoms with van der Waals surface area (Å²) in [6.45, 7) is 1.71. The van der Waals surface area contributed by atoms with E-state index < -0.39 is 23.8 Å². The highest BCUT2D eigenvalue weighted by atomic mass is 19.1. The van der Waals surface area contributed by atoms with Crippen molar-refractivity contribution in [3.05, 3.63) is 47.2 Å². The first kappa shape index (κ1) is 29.1. The van der Waals surface area contributed by atoms with E-state index in [-0.39, 0.29) is 37.8 Å². The first-order valence-electron chi connectivity index (χ1n) is 10.9. The van der Waals surface area contributed by atoms with Gasteiger partial charge in [-0.25, -0.2) is 4.39 Å². The molecule has 192 valence electrons. The maximum Gasteiger partial charge on any atom is 0.309 e. The molecule has 0 saturated carbocycles. The summed E-state index contributed by atoms with van der Waals surface area (Å²) in [7, 11) is 2.76. The summed E-state index contributed by atoms with van der Waals surface area (Å²) in [5, 5.41) is 16.9. The number of likely N-dealkylation sites (N-methyl/N-ethyl adjacent to an activating group) is 2. The van der Waals surface area contributed by atoms with Crippen LogP contribution in [0.1, 0.15) is 19.8 Å². The summed E-state index contributed by atoms with van der Waals surface area (Å²) in [5.74, 6) is -2.35. The Kier molecular flexibility index (Phi) is 13.1. The molecule has 1 atom stereocenters. The monoisotopic (exact) mass is 493 g/mol. The molecule has 1 aliphatic rings. The van der Waals surface area contributed by atoms with Gasteiger partial charge in [-0.15, -0.1) is 0 Å². The fourth-order valence-corrected chi connectivity index (χ4v) is 2.88. The molecule has 4 N–H and O–H groups in total. The third-order valence-corrected chi connectivity index (χ3v) is 4.70. The normalized spacial score (nSPS) is 18.3. The molecular weight excluding hydrogens is 461 g/mol. The van der Waals surface area contributed by atoms with E-state index in [1.807, 2.05) is 0 Å². The maximum atomic E-state index is 13.4. The van der Waals surface area contributed by atoms with Gasteiger partial charge < -0.3 is 30.7 Å². The number of aliphatic hydroxyl groups is 1. The van der Waals surface area contributed by atoms with E-state index in [2.05, 4.69) is 20.9 Å². The number of allylic oxidation sites excluding steroid dienone is 5. The molecule has 4 amide bonds. The van der Waals surface area contributed by atoms with Gasteiger partial charge in [-0.05, 0) is 25.8 Å². The zero-order valence-corrected chi connectivity index (χ0v) is 20.0. The summed E-state index contributed by atoms with van der Waals surface area (Å²) < 4.78 is 19.3. The Morgan fingerprint density at radius 1 is 1.26 bits per heavy atom. The Morgan fingerprint density at radius 2 is 2.00 bits per heavy atom. The van der Waals surface area contributed by atoms with Crippen LogP contribution in [0.3, 0.4) is 0 Å². The number of ether oxygens (including phenoxy) is 1. The minimum Gasteiger partial charge on any atom is -0.510 e. The maximum absolute atomic E-state index is 13.4. The van der Waals surface area contributed by atoms with E-state index in [0.29, 0.717) is 30.6 Å². The minimum atomic E-state index is -0.832. The lowest BCUT2D eigenvalue weighted by Gasteiger charge is -2.33. The lowest BCUT2D eigenvalue weighted by Crippen LogP contribution is -2.48. The number of aliphatic imine (C=N–C) groups is 1. The van der Waals surface area contributed by atoms with Crippen LogP contribution in [0.5, 0.6) is 0 Å². The number of carbonyl (C=O) groups excluding carboxylic acids is 4.